The normalized spacial score (nSPS) is 13.8. The minimum Gasteiger partial charge on any atom is -0.466 e. The van der Waals surface area contributed by atoms with Gasteiger partial charge < -0.3 is 4.74 Å². The monoisotopic (exact) mass is 200 g/mol. The Hall–Kier alpha value is -0.530. The lowest BCUT2D eigenvalue weighted by Gasteiger charge is -2.17. The molecule has 2 nitrogen and oxygen atoms in total. The van der Waals surface area contributed by atoms with Gasteiger partial charge in [0, 0.05) is 6.42 Å². The Morgan fingerprint density at radius 1 is 1.36 bits per heavy atom. The predicted octanol–water partition coefficient (Wildman–Crippen LogP) is 3.40. The fraction of sp³-hybridized carbons (Fsp3) is 0.917. The Morgan fingerprint density at radius 2 is 1.93 bits per heavy atom. The molecule has 0 aliphatic heterocycles. The predicted molar refractivity (Wildman–Crippen MR) is 59.1 cm³/mol. The van der Waals surface area contributed by atoms with Gasteiger partial charge in [0.05, 0.1) is 6.61 Å². The van der Waals surface area contributed by atoms with Crippen LogP contribution >= 0.6 is 0 Å². The molecule has 0 aliphatic rings. The summed E-state index contributed by atoms with van der Waals surface area (Å²) in [6.07, 6.45) is 2.52. The third kappa shape index (κ3) is 8.09. The maximum atomic E-state index is 11.3. The molecular formula is C12H24O2. The van der Waals surface area contributed by atoms with Crippen molar-refractivity contribution in [3.05, 3.63) is 0 Å². The molecule has 2 heteroatoms. The molecule has 0 saturated carbocycles. The van der Waals surface area contributed by atoms with E-state index in [-0.39, 0.29) is 11.4 Å². The number of ether oxygens (including phenoxy) is 1. The Balaban J connectivity index is 3.55. The van der Waals surface area contributed by atoms with Gasteiger partial charge in [0.2, 0.25) is 0 Å². The van der Waals surface area contributed by atoms with E-state index in [4.69, 9.17) is 4.74 Å². The maximum absolute atomic E-state index is 11.3. The molecule has 0 fully saturated rings. The van der Waals surface area contributed by atoms with Gasteiger partial charge in [0.15, 0.2) is 0 Å². The van der Waals surface area contributed by atoms with E-state index in [1.807, 2.05) is 0 Å². The molecule has 0 aromatic rings. The van der Waals surface area contributed by atoms with Crippen LogP contribution in [0, 0.1) is 11.3 Å². The van der Waals surface area contributed by atoms with Gasteiger partial charge in [-0.25, -0.2) is 0 Å². The fourth-order valence-corrected chi connectivity index (χ4v) is 0.959. The van der Waals surface area contributed by atoms with Crippen molar-refractivity contribution < 1.29 is 9.53 Å². The van der Waals surface area contributed by atoms with Gasteiger partial charge in [-0.3, -0.25) is 4.79 Å². The Bertz CT molecular complexity index is 168. The van der Waals surface area contributed by atoms with E-state index in [0.717, 1.165) is 12.8 Å². The van der Waals surface area contributed by atoms with Crippen molar-refractivity contribution in [3.63, 3.8) is 0 Å². The average Bonchev–Trinajstić information content (AvgIpc) is 2.01. The molecule has 0 aromatic carbocycles. The number of hydrogen-bond donors (Lipinski definition) is 0. The molecule has 84 valence electrons. The summed E-state index contributed by atoms with van der Waals surface area (Å²) in [5, 5.41) is 0. The number of hydrogen-bond acceptors (Lipinski definition) is 2. The first-order valence-electron chi connectivity index (χ1n) is 5.50. The first-order valence-corrected chi connectivity index (χ1v) is 5.50. The molecule has 0 amide bonds. The molecule has 1 unspecified atom stereocenters. The highest BCUT2D eigenvalue weighted by atomic mass is 16.5. The van der Waals surface area contributed by atoms with Crippen molar-refractivity contribution in [3.8, 4) is 0 Å². The van der Waals surface area contributed by atoms with Gasteiger partial charge in [-0.1, -0.05) is 41.0 Å². The van der Waals surface area contributed by atoms with Crippen LogP contribution in [0.4, 0.5) is 0 Å². The largest absolute Gasteiger partial charge is 0.466 e. The minimum absolute atomic E-state index is 0.0522. The molecule has 0 heterocycles. The lowest BCUT2D eigenvalue weighted by atomic mass is 9.93. The molecule has 0 aliphatic carbocycles. The summed E-state index contributed by atoms with van der Waals surface area (Å²) in [5.74, 6) is 0.390. The van der Waals surface area contributed by atoms with Crippen LogP contribution in [0.5, 0.6) is 0 Å². The number of esters is 1. The van der Waals surface area contributed by atoms with E-state index in [9.17, 15) is 4.79 Å². The second kappa shape index (κ2) is 6.05. The highest BCUT2D eigenvalue weighted by Gasteiger charge is 2.12. The van der Waals surface area contributed by atoms with Crippen LogP contribution in [0.2, 0.25) is 0 Å². The topological polar surface area (TPSA) is 26.3 Å². The van der Waals surface area contributed by atoms with Gasteiger partial charge >= 0.3 is 5.97 Å². The maximum Gasteiger partial charge on any atom is 0.306 e. The molecule has 0 spiro atoms. The van der Waals surface area contributed by atoms with Crippen molar-refractivity contribution in [1.29, 1.82) is 0 Å². The Kier molecular flexibility index (Phi) is 5.82. The van der Waals surface area contributed by atoms with Gasteiger partial charge in [0.1, 0.15) is 0 Å². The summed E-state index contributed by atoms with van der Waals surface area (Å²) in [5.41, 5.74) is 0.247. The lowest BCUT2D eigenvalue weighted by molar-refractivity contribution is -0.145. The summed E-state index contributed by atoms with van der Waals surface area (Å²) in [6.45, 7) is 11.2. The van der Waals surface area contributed by atoms with Gasteiger partial charge in [-0.2, -0.15) is 0 Å². The van der Waals surface area contributed by atoms with Crippen molar-refractivity contribution in [2.75, 3.05) is 6.61 Å². The highest BCUT2D eigenvalue weighted by molar-refractivity contribution is 5.69. The smallest absolute Gasteiger partial charge is 0.306 e. The van der Waals surface area contributed by atoms with Crippen LogP contribution in [-0.4, -0.2) is 12.6 Å². The van der Waals surface area contributed by atoms with E-state index < -0.39 is 0 Å². The van der Waals surface area contributed by atoms with Gasteiger partial charge in [-0.15, -0.1) is 0 Å². The standard InChI is InChI=1S/C12H24O2/c1-6-10(2)9-11(13)14-8-7-12(3,4)5/h10H,6-9H2,1-5H3. The van der Waals surface area contributed by atoms with E-state index in [0.29, 0.717) is 18.9 Å². The highest BCUT2D eigenvalue weighted by Crippen LogP contribution is 2.18. The SMILES string of the molecule is CCC(C)CC(=O)OCCC(C)(C)C. The van der Waals surface area contributed by atoms with Crippen LogP contribution in [0.15, 0.2) is 0 Å². The average molecular weight is 200 g/mol. The van der Waals surface area contributed by atoms with E-state index in [1.165, 1.54) is 0 Å². The molecule has 0 radical (unpaired) electrons. The summed E-state index contributed by atoms with van der Waals surface area (Å²) < 4.78 is 5.15. The molecule has 0 saturated heterocycles. The fourth-order valence-electron chi connectivity index (χ4n) is 0.959. The van der Waals surface area contributed by atoms with Crippen molar-refractivity contribution in [2.45, 2.75) is 53.9 Å². The zero-order valence-corrected chi connectivity index (χ0v) is 10.2. The van der Waals surface area contributed by atoms with Gasteiger partial charge in [0.25, 0.3) is 0 Å². The first-order chi connectivity index (χ1) is 6.35. The van der Waals surface area contributed by atoms with E-state index >= 15 is 0 Å². The van der Waals surface area contributed by atoms with E-state index in [2.05, 4.69) is 34.6 Å². The zero-order valence-electron chi connectivity index (χ0n) is 10.2. The summed E-state index contributed by atoms with van der Waals surface area (Å²) in [4.78, 5) is 11.3. The molecule has 14 heavy (non-hydrogen) atoms. The van der Waals surface area contributed by atoms with Crippen LogP contribution in [-0.2, 0) is 9.53 Å². The quantitative estimate of drug-likeness (QED) is 0.636. The molecule has 0 bridgehead atoms. The molecule has 0 aromatic heterocycles. The van der Waals surface area contributed by atoms with E-state index in [1.54, 1.807) is 0 Å². The first kappa shape index (κ1) is 13.5. The number of carbonyl (C=O) groups excluding carboxylic acids is 1. The lowest BCUT2D eigenvalue weighted by Crippen LogP contribution is -2.14. The minimum atomic E-state index is -0.0522. The molecule has 0 rings (SSSR count). The third-order valence-corrected chi connectivity index (χ3v) is 2.33. The van der Waals surface area contributed by atoms with Crippen LogP contribution in [0.1, 0.15) is 53.9 Å². The summed E-state index contributed by atoms with van der Waals surface area (Å²) in [6, 6.07) is 0. The van der Waals surface area contributed by atoms with Crippen molar-refractivity contribution in [2.24, 2.45) is 11.3 Å². The van der Waals surface area contributed by atoms with Crippen molar-refractivity contribution in [1.82, 2.24) is 0 Å². The second-order valence-corrected chi connectivity index (χ2v) is 5.25. The zero-order chi connectivity index (χ0) is 11.2. The second-order valence-electron chi connectivity index (χ2n) is 5.25. The Labute approximate surface area is 88.0 Å². The van der Waals surface area contributed by atoms with Crippen molar-refractivity contribution >= 4 is 5.97 Å². The van der Waals surface area contributed by atoms with Crippen LogP contribution in [0.3, 0.4) is 0 Å². The summed E-state index contributed by atoms with van der Waals surface area (Å²) >= 11 is 0. The molecular weight excluding hydrogens is 176 g/mol. The molecule has 0 N–H and O–H groups in total. The van der Waals surface area contributed by atoms with Crippen LogP contribution < -0.4 is 0 Å². The van der Waals surface area contributed by atoms with Crippen LogP contribution in [0.25, 0.3) is 0 Å². The number of carbonyl (C=O) groups is 1. The third-order valence-electron chi connectivity index (χ3n) is 2.33. The molecule has 1 atom stereocenters. The number of rotatable bonds is 5. The van der Waals surface area contributed by atoms with Gasteiger partial charge in [-0.05, 0) is 17.8 Å². The Morgan fingerprint density at radius 3 is 2.36 bits per heavy atom. The summed E-state index contributed by atoms with van der Waals surface area (Å²) in [7, 11) is 0.